The average molecular weight is 389 g/mol. The topological polar surface area (TPSA) is 63.6 Å². The number of fused-ring (bicyclic) bond motifs is 5. The molecule has 8 atom stereocenters. The zero-order valence-electron chi connectivity index (χ0n) is 18.7. The molecular formula is C24H36O4. The van der Waals surface area contributed by atoms with Crippen molar-refractivity contribution in [3.8, 4) is 0 Å². The van der Waals surface area contributed by atoms with Crippen LogP contribution in [0.15, 0.2) is 11.1 Å². The molecule has 2 bridgehead atoms. The lowest BCUT2D eigenvalue weighted by molar-refractivity contribution is -0.289. The Bertz CT molecular complexity index is 794. The van der Waals surface area contributed by atoms with Crippen molar-refractivity contribution in [2.24, 2.45) is 39.9 Å². The Morgan fingerprint density at radius 1 is 1.07 bits per heavy atom. The first-order chi connectivity index (χ1) is 12.7. The van der Waals surface area contributed by atoms with Gasteiger partial charge in [-0.3, -0.25) is 9.59 Å². The van der Waals surface area contributed by atoms with Crippen LogP contribution in [0.4, 0.5) is 0 Å². The number of allylic oxidation sites excluding steroid dienone is 1. The van der Waals surface area contributed by atoms with Crippen molar-refractivity contribution in [3.05, 3.63) is 11.1 Å². The van der Waals surface area contributed by atoms with E-state index in [-0.39, 0.29) is 46.8 Å². The van der Waals surface area contributed by atoms with Gasteiger partial charge in [0.2, 0.25) is 11.6 Å². The quantitative estimate of drug-likeness (QED) is 0.638. The highest BCUT2D eigenvalue weighted by molar-refractivity contribution is 6.46. The van der Waals surface area contributed by atoms with E-state index in [1.165, 1.54) is 0 Å². The van der Waals surface area contributed by atoms with Gasteiger partial charge in [-0.05, 0) is 43.4 Å². The van der Waals surface area contributed by atoms with E-state index in [0.29, 0.717) is 18.6 Å². The van der Waals surface area contributed by atoms with Gasteiger partial charge in [-0.2, -0.15) is 0 Å². The van der Waals surface area contributed by atoms with Gasteiger partial charge in [0.05, 0.1) is 18.3 Å². The third kappa shape index (κ3) is 1.99. The van der Waals surface area contributed by atoms with E-state index < -0.39 is 16.4 Å². The van der Waals surface area contributed by atoms with Crippen LogP contribution < -0.4 is 0 Å². The molecule has 0 aromatic heterocycles. The second-order valence-corrected chi connectivity index (χ2v) is 11.4. The van der Waals surface area contributed by atoms with Gasteiger partial charge >= 0.3 is 0 Å². The van der Waals surface area contributed by atoms with Gasteiger partial charge in [-0.1, -0.05) is 54.0 Å². The third-order valence-electron chi connectivity index (χ3n) is 9.91. The maximum atomic E-state index is 13.9. The van der Waals surface area contributed by atoms with Crippen LogP contribution in [0.25, 0.3) is 0 Å². The molecule has 0 spiro atoms. The molecule has 0 radical (unpaired) electrons. The lowest BCUT2D eigenvalue weighted by Crippen LogP contribution is -2.73. The summed E-state index contributed by atoms with van der Waals surface area (Å²) in [4.78, 5) is 27.6. The predicted molar refractivity (Wildman–Crippen MR) is 108 cm³/mol. The molecule has 1 aliphatic heterocycles. The minimum atomic E-state index is -1.04. The highest BCUT2D eigenvalue weighted by Gasteiger charge is 2.71. The number of aliphatic hydroxyl groups is 1. The van der Waals surface area contributed by atoms with Crippen LogP contribution in [-0.4, -0.2) is 35.0 Å². The summed E-state index contributed by atoms with van der Waals surface area (Å²) in [5.74, 6) is -0.690. The fraction of sp³-hybridized carbons (Fsp3) is 0.833. The van der Waals surface area contributed by atoms with Crippen LogP contribution in [0.3, 0.4) is 0 Å². The molecule has 3 aliphatic carbocycles. The molecule has 1 N–H and O–H groups in total. The number of hydrogen-bond donors (Lipinski definition) is 1. The highest BCUT2D eigenvalue weighted by Crippen LogP contribution is 2.67. The third-order valence-corrected chi connectivity index (χ3v) is 9.91. The van der Waals surface area contributed by atoms with Gasteiger partial charge in [0.25, 0.3) is 0 Å². The summed E-state index contributed by atoms with van der Waals surface area (Å²) in [5, 5.41) is 12.2. The van der Waals surface area contributed by atoms with E-state index in [1.807, 2.05) is 27.7 Å². The number of ether oxygens (including phenoxy) is 1. The Labute approximate surface area is 169 Å². The number of rotatable bonds is 0. The van der Waals surface area contributed by atoms with Crippen LogP contribution in [0.1, 0.15) is 68.2 Å². The molecule has 28 heavy (non-hydrogen) atoms. The molecule has 4 nitrogen and oxygen atoms in total. The smallest absolute Gasteiger partial charge is 0.225 e. The molecule has 2 saturated carbocycles. The number of Topliss-reactive ketones (excluding diaryl/α,β-unsaturated/α-hetero) is 2. The predicted octanol–water partition coefficient (Wildman–Crippen LogP) is 3.96. The summed E-state index contributed by atoms with van der Waals surface area (Å²) in [6.07, 6.45) is 1.53. The lowest BCUT2D eigenvalue weighted by Gasteiger charge is -2.68. The number of carbonyl (C=O) groups is 2. The number of carbonyl (C=O) groups excluding carboxylic acids is 2. The normalized spacial score (nSPS) is 53.0. The Hall–Kier alpha value is -1.00. The molecule has 4 rings (SSSR count). The van der Waals surface area contributed by atoms with Crippen LogP contribution in [0.5, 0.6) is 0 Å². The standard InChI is InChI=1S/C24H36O4/c1-12-10-24(27)15(4)19-22(7)11-28-16(22)9-13(2)23(19,8)20(26)18(25)17(14(12)3)21(24,5)6/h12-13,15-16,19,27H,9-11H2,1-8H3/t12-,13-,15-,16+,19+,22+,23+,24+/m0/s1. The summed E-state index contributed by atoms with van der Waals surface area (Å²) < 4.78 is 5.92. The first-order valence-electron chi connectivity index (χ1n) is 10.9. The molecule has 1 saturated heterocycles. The molecule has 0 aromatic carbocycles. The first-order valence-corrected chi connectivity index (χ1v) is 10.9. The fourth-order valence-corrected chi connectivity index (χ4v) is 7.79. The van der Waals surface area contributed by atoms with Crippen molar-refractivity contribution >= 4 is 11.6 Å². The van der Waals surface area contributed by atoms with Crippen molar-refractivity contribution in [2.45, 2.75) is 79.9 Å². The minimum absolute atomic E-state index is 0.0404. The van der Waals surface area contributed by atoms with E-state index in [1.54, 1.807) is 0 Å². The van der Waals surface area contributed by atoms with Crippen LogP contribution in [0.2, 0.25) is 0 Å². The summed E-state index contributed by atoms with van der Waals surface area (Å²) in [6, 6.07) is 0. The van der Waals surface area contributed by atoms with Gasteiger partial charge in [0.1, 0.15) is 0 Å². The zero-order chi connectivity index (χ0) is 21.0. The molecule has 0 amide bonds. The maximum Gasteiger partial charge on any atom is 0.225 e. The second kappa shape index (κ2) is 5.57. The Kier molecular flexibility index (Phi) is 4.04. The monoisotopic (exact) mass is 388 g/mol. The lowest BCUT2D eigenvalue weighted by atomic mass is 9.39. The van der Waals surface area contributed by atoms with Gasteiger partial charge in [0, 0.05) is 21.8 Å². The maximum absolute atomic E-state index is 13.9. The minimum Gasteiger partial charge on any atom is -0.389 e. The van der Waals surface area contributed by atoms with Gasteiger partial charge < -0.3 is 9.84 Å². The van der Waals surface area contributed by atoms with Crippen LogP contribution in [0, 0.1) is 39.9 Å². The van der Waals surface area contributed by atoms with Crippen molar-refractivity contribution in [1.29, 1.82) is 0 Å². The highest BCUT2D eigenvalue weighted by atomic mass is 16.5. The Morgan fingerprint density at radius 2 is 1.68 bits per heavy atom. The average Bonchev–Trinajstić information content (AvgIpc) is 2.60. The SMILES string of the molecule is CC1=C2C(=O)C(=O)[C@@]3(C)[C@H]([C@H](C)[C@](O)(C[C@@H]1C)C2(C)C)[C@]1(C)CO[C@@H]1C[C@@H]3C. The van der Waals surface area contributed by atoms with Gasteiger partial charge in [-0.25, -0.2) is 0 Å². The van der Waals surface area contributed by atoms with Gasteiger partial charge in [0.15, 0.2) is 0 Å². The summed E-state index contributed by atoms with van der Waals surface area (Å²) in [7, 11) is 0. The van der Waals surface area contributed by atoms with E-state index in [4.69, 9.17) is 4.74 Å². The molecule has 0 aromatic rings. The van der Waals surface area contributed by atoms with Crippen molar-refractivity contribution in [2.75, 3.05) is 6.61 Å². The summed E-state index contributed by atoms with van der Waals surface area (Å²) >= 11 is 0. The van der Waals surface area contributed by atoms with Crippen LogP contribution in [-0.2, 0) is 14.3 Å². The first kappa shape index (κ1) is 20.3. The molecular weight excluding hydrogens is 352 g/mol. The second-order valence-electron chi connectivity index (χ2n) is 11.4. The number of ketones is 2. The molecule has 156 valence electrons. The van der Waals surface area contributed by atoms with E-state index in [0.717, 1.165) is 12.0 Å². The Balaban J connectivity index is 2.03. The van der Waals surface area contributed by atoms with E-state index >= 15 is 0 Å². The van der Waals surface area contributed by atoms with Crippen LogP contribution >= 0.6 is 0 Å². The summed E-state index contributed by atoms with van der Waals surface area (Å²) in [5.41, 5.74) is -1.21. The fourth-order valence-electron chi connectivity index (χ4n) is 7.79. The number of hydrogen-bond acceptors (Lipinski definition) is 4. The largest absolute Gasteiger partial charge is 0.389 e. The van der Waals surface area contributed by atoms with Crippen molar-refractivity contribution in [1.82, 2.24) is 0 Å². The van der Waals surface area contributed by atoms with E-state index in [9.17, 15) is 14.7 Å². The molecule has 4 heteroatoms. The molecule has 3 fully saturated rings. The van der Waals surface area contributed by atoms with Gasteiger partial charge in [-0.15, -0.1) is 0 Å². The van der Waals surface area contributed by atoms with Crippen molar-refractivity contribution < 1.29 is 19.4 Å². The molecule has 1 heterocycles. The van der Waals surface area contributed by atoms with E-state index in [2.05, 4.69) is 27.7 Å². The molecule has 0 unspecified atom stereocenters. The van der Waals surface area contributed by atoms with Crippen molar-refractivity contribution in [3.63, 3.8) is 0 Å². The Morgan fingerprint density at radius 3 is 2.21 bits per heavy atom. The zero-order valence-corrected chi connectivity index (χ0v) is 18.7. The summed E-state index contributed by atoms with van der Waals surface area (Å²) in [6.45, 7) is 17.0. The molecule has 4 aliphatic rings.